The van der Waals surface area contributed by atoms with Crippen LogP contribution in [0.5, 0.6) is 0 Å². The van der Waals surface area contributed by atoms with Gasteiger partial charge in [-0.25, -0.2) is 9.59 Å². The van der Waals surface area contributed by atoms with Crippen molar-refractivity contribution < 1.29 is 28.8 Å². The minimum Gasteiger partial charge on any atom is -0.444 e. The number of fused-ring (bicyclic) bond motifs is 1. The Labute approximate surface area is 192 Å². The first-order valence-corrected chi connectivity index (χ1v) is 10.9. The van der Waals surface area contributed by atoms with Gasteiger partial charge in [-0.05, 0) is 44.9 Å². The molecule has 2 aliphatic heterocycles. The maximum absolute atomic E-state index is 13.1. The Morgan fingerprint density at radius 1 is 0.879 bits per heavy atom. The topological polar surface area (TPSA) is 93.2 Å². The molecule has 0 bridgehead atoms. The van der Waals surface area contributed by atoms with Crippen molar-refractivity contribution >= 4 is 23.9 Å². The van der Waals surface area contributed by atoms with Crippen molar-refractivity contribution in [2.45, 2.75) is 38.7 Å². The highest BCUT2D eigenvalue weighted by Crippen LogP contribution is 2.33. The summed E-state index contributed by atoms with van der Waals surface area (Å²) in [5, 5.41) is 0.511. The second-order valence-corrected chi connectivity index (χ2v) is 9.29. The van der Waals surface area contributed by atoms with Crippen molar-refractivity contribution in [1.29, 1.82) is 0 Å². The van der Waals surface area contributed by atoms with Crippen molar-refractivity contribution in [1.82, 2.24) is 9.96 Å². The van der Waals surface area contributed by atoms with Gasteiger partial charge in [0.2, 0.25) is 0 Å². The fourth-order valence-corrected chi connectivity index (χ4v) is 4.13. The molecule has 2 aromatic carbocycles. The molecule has 0 N–H and O–H groups in total. The molecule has 1 saturated heterocycles. The average Bonchev–Trinajstić information content (AvgIpc) is 3.03. The monoisotopic (exact) mass is 450 g/mol. The summed E-state index contributed by atoms with van der Waals surface area (Å²) in [6.45, 7) is 5.78. The van der Waals surface area contributed by atoms with E-state index >= 15 is 0 Å². The van der Waals surface area contributed by atoms with E-state index in [0.717, 1.165) is 5.56 Å². The first-order chi connectivity index (χ1) is 15.6. The number of imide groups is 1. The number of nitrogens with zero attached hydrogens (tertiary/aromatic N) is 2. The molecule has 0 radical (unpaired) electrons. The Bertz CT molecular complexity index is 1060. The predicted octanol–water partition coefficient (Wildman–Crippen LogP) is 3.78. The van der Waals surface area contributed by atoms with Crippen LogP contribution in [0.1, 0.15) is 59.4 Å². The Morgan fingerprint density at radius 2 is 1.45 bits per heavy atom. The number of piperidine rings is 1. The molecule has 0 aliphatic carbocycles. The van der Waals surface area contributed by atoms with Gasteiger partial charge in [-0.2, -0.15) is 0 Å². The van der Waals surface area contributed by atoms with Gasteiger partial charge in [0.25, 0.3) is 11.8 Å². The Kier molecular flexibility index (Phi) is 5.93. The van der Waals surface area contributed by atoms with Crippen LogP contribution in [0, 0.1) is 5.92 Å². The molecule has 33 heavy (non-hydrogen) atoms. The molecule has 0 unspecified atom stereocenters. The van der Waals surface area contributed by atoms with Crippen LogP contribution >= 0.6 is 0 Å². The maximum atomic E-state index is 13.1. The molecule has 2 aromatic rings. The standard InChI is InChI=1S/C25H26N2O6/c1-25(2,3)32-24(31)26-14-17(16-9-5-4-6-10-16)13-18(15-26)23(30)33-27-21(28)19-11-7-8-12-20(19)22(27)29/h4-12,17-18H,13-15H2,1-3H3/t17-,18+/m0/s1. The van der Waals surface area contributed by atoms with Gasteiger partial charge >= 0.3 is 12.1 Å². The quantitative estimate of drug-likeness (QED) is 0.661. The molecule has 172 valence electrons. The third kappa shape index (κ3) is 4.74. The zero-order valence-corrected chi connectivity index (χ0v) is 18.8. The summed E-state index contributed by atoms with van der Waals surface area (Å²) in [6, 6.07) is 15.9. The number of hydrogen-bond donors (Lipinski definition) is 0. The third-order valence-electron chi connectivity index (χ3n) is 5.64. The average molecular weight is 450 g/mol. The van der Waals surface area contributed by atoms with Gasteiger partial charge in [0.15, 0.2) is 0 Å². The molecule has 0 saturated carbocycles. The molecule has 8 heteroatoms. The number of hydroxylamine groups is 2. The molecule has 0 aromatic heterocycles. The number of hydrogen-bond acceptors (Lipinski definition) is 6. The highest BCUT2D eigenvalue weighted by atomic mass is 16.7. The van der Waals surface area contributed by atoms with Gasteiger partial charge in [0.05, 0.1) is 17.0 Å². The van der Waals surface area contributed by atoms with Crippen LogP contribution in [0.25, 0.3) is 0 Å². The molecule has 3 amide bonds. The second kappa shape index (κ2) is 8.69. The number of ether oxygens (including phenoxy) is 1. The van der Waals surface area contributed by atoms with Crippen LogP contribution in [0.3, 0.4) is 0 Å². The van der Waals surface area contributed by atoms with Gasteiger partial charge in [-0.3, -0.25) is 9.59 Å². The van der Waals surface area contributed by atoms with E-state index in [9.17, 15) is 19.2 Å². The van der Waals surface area contributed by atoms with E-state index < -0.39 is 35.4 Å². The van der Waals surface area contributed by atoms with Crippen molar-refractivity contribution in [2.75, 3.05) is 13.1 Å². The number of likely N-dealkylation sites (tertiary alicyclic amines) is 1. The highest BCUT2D eigenvalue weighted by molar-refractivity contribution is 6.20. The van der Waals surface area contributed by atoms with Crippen LogP contribution in [-0.4, -0.2) is 52.5 Å². The van der Waals surface area contributed by atoms with E-state index in [-0.39, 0.29) is 23.6 Å². The van der Waals surface area contributed by atoms with E-state index in [1.54, 1.807) is 32.9 Å². The van der Waals surface area contributed by atoms with Crippen LogP contribution in [0.15, 0.2) is 54.6 Å². The third-order valence-corrected chi connectivity index (χ3v) is 5.64. The summed E-state index contributed by atoms with van der Waals surface area (Å²) >= 11 is 0. The molecule has 1 fully saturated rings. The number of carbonyl (C=O) groups is 4. The lowest BCUT2D eigenvalue weighted by Crippen LogP contribution is -2.48. The molecule has 4 rings (SSSR count). The second-order valence-electron chi connectivity index (χ2n) is 9.29. The Hall–Kier alpha value is -3.68. The summed E-state index contributed by atoms with van der Waals surface area (Å²) in [5.74, 6) is -2.96. The SMILES string of the molecule is CC(C)(C)OC(=O)N1C[C@H](C(=O)ON2C(=O)c3ccccc3C2=O)C[C@H](c2ccccc2)C1. The summed E-state index contributed by atoms with van der Waals surface area (Å²) < 4.78 is 5.52. The van der Waals surface area contributed by atoms with Crippen LogP contribution in [0.4, 0.5) is 4.79 Å². The van der Waals surface area contributed by atoms with Crippen molar-refractivity contribution in [3.05, 3.63) is 71.3 Å². The van der Waals surface area contributed by atoms with Crippen LogP contribution < -0.4 is 0 Å². The predicted molar refractivity (Wildman–Crippen MR) is 118 cm³/mol. The van der Waals surface area contributed by atoms with E-state index in [2.05, 4.69) is 0 Å². The van der Waals surface area contributed by atoms with E-state index in [4.69, 9.17) is 9.57 Å². The zero-order chi connectivity index (χ0) is 23.8. The Balaban J connectivity index is 1.53. The van der Waals surface area contributed by atoms with Gasteiger partial charge < -0.3 is 14.5 Å². The normalized spacial score (nSPS) is 20.5. The van der Waals surface area contributed by atoms with Crippen molar-refractivity contribution in [3.8, 4) is 0 Å². The van der Waals surface area contributed by atoms with E-state index in [0.29, 0.717) is 18.0 Å². The minimum atomic E-state index is -0.737. The minimum absolute atomic E-state index is 0.0697. The van der Waals surface area contributed by atoms with Crippen molar-refractivity contribution in [3.63, 3.8) is 0 Å². The molecule has 2 heterocycles. The highest BCUT2D eigenvalue weighted by Gasteiger charge is 2.42. The fourth-order valence-electron chi connectivity index (χ4n) is 4.13. The molecule has 8 nitrogen and oxygen atoms in total. The summed E-state index contributed by atoms with van der Waals surface area (Å²) in [5.41, 5.74) is 0.671. The lowest BCUT2D eigenvalue weighted by Gasteiger charge is -2.37. The number of amides is 3. The fraction of sp³-hybridized carbons (Fsp3) is 0.360. The maximum Gasteiger partial charge on any atom is 0.410 e. The van der Waals surface area contributed by atoms with Gasteiger partial charge in [0, 0.05) is 19.0 Å². The molecule has 2 aliphatic rings. The number of rotatable bonds is 3. The van der Waals surface area contributed by atoms with Crippen molar-refractivity contribution in [2.24, 2.45) is 5.92 Å². The number of benzene rings is 2. The molecule has 2 atom stereocenters. The summed E-state index contributed by atoms with van der Waals surface area (Å²) in [4.78, 5) is 57.8. The lowest BCUT2D eigenvalue weighted by molar-refractivity contribution is -0.175. The zero-order valence-electron chi connectivity index (χ0n) is 18.8. The van der Waals surface area contributed by atoms with Crippen LogP contribution in [0.2, 0.25) is 0 Å². The summed E-state index contributed by atoms with van der Waals surface area (Å²) in [7, 11) is 0. The lowest BCUT2D eigenvalue weighted by atomic mass is 9.84. The van der Waals surface area contributed by atoms with Crippen LogP contribution in [-0.2, 0) is 14.4 Å². The summed E-state index contributed by atoms with van der Waals surface area (Å²) in [6.07, 6.45) is -0.118. The molecule has 0 spiro atoms. The van der Waals surface area contributed by atoms with Gasteiger partial charge in [-0.15, -0.1) is 0 Å². The Morgan fingerprint density at radius 3 is 2.03 bits per heavy atom. The first-order valence-electron chi connectivity index (χ1n) is 10.9. The first kappa shape index (κ1) is 22.5. The smallest absolute Gasteiger partial charge is 0.410 e. The van der Waals surface area contributed by atoms with Gasteiger partial charge in [0.1, 0.15) is 5.60 Å². The number of carbonyl (C=O) groups excluding carboxylic acids is 4. The van der Waals surface area contributed by atoms with E-state index in [1.165, 1.54) is 17.0 Å². The molecular weight excluding hydrogens is 424 g/mol. The van der Waals surface area contributed by atoms with Gasteiger partial charge in [-0.1, -0.05) is 47.5 Å². The largest absolute Gasteiger partial charge is 0.444 e. The molecular formula is C25H26N2O6. The van der Waals surface area contributed by atoms with E-state index in [1.807, 2.05) is 30.3 Å².